The molecular weight excluding hydrogens is 1050 g/mol. The summed E-state index contributed by atoms with van der Waals surface area (Å²) in [5, 5.41) is 2.20. The van der Waals surface area contributed by atoms with Crippen molar-refractivity contribution in [3.8, 4) is 22.5 Å². The van der Waals surface area contributed by atoms with Gasteiger partial charge in [-0.3, -0.25) is 17.6 Å². The van der Waals surface area contributed by atoms with Gasteiger partial charge in [0.15, 0.2) is 0 Å². The second kappa shape index (κ2) is 19.3. The van der Waals surface area contributed by atoms with Gasteiger partial charge in [-0.2, -0.15) is 0 Å². The van der Waals surface area contributed by atoms with E-state index in [-0.39, 0.29) is 49.6 Å². The van der Waals surface area contributed by atoms with Crippen LogP contribution in [0.4, 0.5) is 51.7 Å². The molecule has 5 nitrogen and oxygen atoms in total. The Balaban J connectivity index is 0.00000593. The number of pyridine rings is 2. The third-order valence-electron chi connectivity index (χ3n) is 12.7. The van der Waals surface area contributed by atoms with Gasteiger partial charge in [-0.05, 0) is 111 Å². The molecule has 0 aliphatic heterocycles. The maximum absolute atomic E-state index is 16.0. The molecule has 0 fully saturated rings. The van der Waals surface area contributed by atoms with E-state index in [0.717, 1.165) is 75.2 Å². The van der Waals surface area contributed by atoms with E-state index < -0.39 is 28.7 Å². The molecule has 10 heteroatoms. The molecule has 0 spiro atoms. The number of nitrogens with zero attached hydrogens (tertiary/aromatic N) is 5. The zero-order valence-corrected chi connectivity index (χ0v) is 40.4. The fraction of sp³-hybridized carbons (Fsp3) is 0.119. The van der Waals surface area contributed by atoms with Gasteiger partial charge in [-0.25, -0.2) is 0 Å². The number of aromatic nitrogens is 3. The number of hydrogen-bond acceptors (Lipinski definition) is 4. The Morgan fingerprint density at radius 1 is 0.507 bits per heavy atom. The minimum absolute atomic E-state index is 0. The quantitative estimate of drug-likeness (QED) is 0.0902. The Morgan fingerprint density at radius 3 is 1.41 bits per heavy atom. The maximum Gasteiger partial charge on any atom is 2.00 e. The van der Waals surface area contributed by atoms with Crippen molar-refractivity contribution in [1.29, 1.82) is 0 Å². The molecule has 0 N–H and O–H groups in total. The number of benzene rings is 7. The van der Waals surface area contributed by atoms with Crippen LogP contribution in [0.5, 0.6) is 0 Å². The van der Waals surface area contributed by atoms with Crippen LogP contribution >= 0.6 is 0 Å². The third kappa shape index (κ3) is 8.95. The molecule has 0 radical (unpaired) electrons. The standard InChI is InChI=1S/C59H45F4N5.Pt/c1-5-38(2)66-55-24-16-15-23-47(55)50-33-44(27-30-56(50)66)68(43-21-13-8-14-22-43)46-35-54(49-29-26-40(61)32-52(49)63)65-58(37-46)59(3,4)57-36-45(34-53(64-57)48-28-25-39(60)31-51(48)62)67(41-17-9-6-10-18-41)42-19-11-7-12-20-42;/h6-27,30-38H,5H2,1-4H3;/q-2;+2. The van der Waals surface area contributed by atoms with Crippen LogP contribution in [0.15, 0.2) is 182 Å². The van der Waals surface area contributed by atoms with Crippen LogP contribution in [0.25, 0.3) is 44.3 Å². The van der Waals surface area contributed by atoms with Crippen molar-refractivity contribution in [2.24, 2.45) is 0 Å². The molecule has 1 unspecified atom stereocenters. The molecule has 10 rings (SSSR count). The van der Waals surface area contributed by atoms with E-state index in [1.165, 1.54) is 0 Å². The average molecular weight is 1100 g/mol. The molecule has 1 atom stereocenters. The number of para-hydroxylation sites is 4. The van der Waals surface area contributed by atoms with Gasteiger partial charge in [0.1, 0.15) is 0 Å². The van der Waals surface area contributed by atoms with Crippen LogP contribution in [0.1, 0.15) is 51.5 Å². The van der Waals surface area contributed by atoms with Crippen molar-refractivity contribution in [2.45, 2.75) is 45.6 Å². The fourth-order valence-corrected chi connectivity index (χ4v) is 9.01. The van der Waals surface area contributed by atoms with Gasteiger partial charge in [-0.1, -0.05) is 115 Å². The van der Waals surface area contributed by atoms with E-state index in [1.54, 1.807) is 12.1 Å². The molecule has 0 saturated heterocycles. The van der Waals surface area contributed by atoms with E-state index in [0.29, 0.717) is 22.8 Å². The first kappa shape index (κ1) is 46.7. The Labute approximate surface area is 413 Å². The zero-order valence-electron chi connectivity index (χ0n) is 38.2. The van der Waals surface area contributed by atoms with Crippen LogP contribution in [0.2, 0.25) is 0 Å². The van der Waals surface area contributed by atoms with E-state index in [1.807, 2.05) is 122 Å². The molecule has 0 aliphatic rings. The molecule has 344 valence electrons. The summed E-state index contributed by atoms with van der Waals surface area (Å²) in [5.74, 6) is -3.18. The van der Waals surface area contributed by atoms with Crippen molar-refractivity contribution in [2.75, 3.05) is 9.80 Å². The fourth-order valence-electron chi connectivity index (χ4n) is 9.01. The number of halogens is 4. The van der Waals surface area contributed by atoms with E-state index in [9.17, 15) is 8.78 Å². The van der Waals surface area contributed by atoms with Crippen molar-refractivity contribution < 1.29 is 38.6 Å². The van der Waals surface area contributed by atoms with Crippen LogP contribution in [0.3, 0.4) is 0 Å². The van der Waals surface area contributed by atoms with Crippen LogP contribution in [0, 0.1) is 35.4 Å². The Kier molecular flexibility index (Phi) is 13.1. The minimum Gasteiger partial charge on any atom is -0.338 e. The average Bonchev–Trinajstić information content (AvgIpc) is 3.68. The van der Waals surface area contributed by atoms with Crippen molar-refractivity contribution in [3.05, 3.63) is 229 Å². The van der Waals surface area contributed by atoms with Gasteiger partial charge >= 0.3 is 21.1 Å². The number of rotatable bonds is 12. The van der Waals surface area contributed by atoms with E-state index in [2.05, 4.69) is 77.9 Å². The summed E-state index contributed by atoms with van der Waals surface area (Å²) in [4.78, 5) is 14.4. The summed E-state index contributed by atoms with van der Waals surface area (Å²) in [6.07, 6.45) is 0.952. The first-order chi connectivity index (χ1) is 33.0. The number of anilines is 6. The number of fused-ring (bicyclic) bond motifs is 3. The van der Waals surface area contributed by atoms with Crippen molar-refractivity contribution in [1.82, 2.24) is 14.5 Å². The predicted octanol–water partition coefficient (Wildman–Crippen LogP) is 16.3. The molecular formula is C59H45F4N5Pt. The molecule has 7 aromatic carbocycles. The Morgan fingerprint density at radius 2 is 0.942 bits per heavy atom. The molecule has 0 bridgehead atoms. The second-order valence-corrected chi connectivity index (χ2v) is 17.4. The minimum atomic E-state index is -1.10. The van der Waals surface area contributed by atoms with Crippen molar-refractivity contribution in [3.63, 3.8) is 0 Å². The Hall–Kier alpha value is -7.35. The summed E-state index contributed by atoms with van der Waals surface area (Å²) >= 11 is 0. The van der Waals surface area contributed by atoms with Gasteiger partial charge in [0.25, 0.3) is 0 Å². The molecule has 0 aliphatic carbocycles. The van der Waals surface area contributed by atoms with Gasteiger partial charge in [-0.15, -0.1) is 24.3 Å². The van der Waals surface area contributed by atoms with Crippen molar-refractivity contribution >= 4 is 55.9 Å². The Bertz CT molecular complexity index is 3410. The van der Waals surface area contributed by atoms with E-state index >= 15 is 8.78 Å². The largest absolute Gasteiger partial charge is 2.00 e. The van der Waals surface area contributed by atoms with E-state index in [4.69, 9.17) is 9.97 Å². The molecule has 0 saturated carbocycles. The summed E-state index contributed by atoms with van der Waals surface area (Å²) < 4.78 is 63.2. The number of hydrogen-bond donors (Lipinski definition) is 0. The van der Waals surface area contributed by atoms with Crippen LogP contribution in [-0.4, -0.2) is 14.5 Å². The molecule has 69 heavy (non-hydrogen) atoms. The van der Waals surface area contributed by atoms with Gasteiger partial charge in [0, 0.05) is 102 Å². The summed E-state index contributed by atoms with van der Waals surface area (Å²) in [5.41, 5.74) is 7.08. The monoisotopic (exact) mass is 1090 g/mol. The van der Waals surface area contributed by atoms with Crippen LogP contribution < -0.4 is 9.80 Å². The maximum atomic E-state index is 16.0. The van der Waals surface area contributed by atoms with Crippen LogP contribution in [-0.2, 0) is 26.5 Å². The molecule has 0 amide bonds. The predicted molar refractivity (Wildman–Crippen MR) is 266 cm³/mol. The zero-order chi connectivity index (χ0) is 47.1. The second-order valence-electron chi connectivity index (χ2n) is 17.4. The smallest absolute Gasteiger partial charge is 0.338 e. The third-order valence-corrected chi connectivity index (χ3v) is 12.7. The molecule has 3 aromatic heterocycles. The summed E-state index contributed by atoms with van der Waals surface area (Å²) in [6.45, 7) is 8.32. The molecule has 3 heterocycles. The van der Waals surface area contributed by atoms with Gasteiger partial charge in [0.05, 0.1) is 0 Å². The summed E-state index contributed by atoms with van der Waals surface area (Å²) in [7, 11) is 0. The summed E-state index contributed by atoms with van der Waals surface area (Å²) in [6, 6.07) is 61.4. The molecule has 10 aromatic rings. The SMILES string of the molecule is CCC(C)n1c2ccccc2c2cc(N(c3ccccc3)c3cc(-c4[c-]cc(F)cc4F)nc(C(C)(C)c4cc(N(c5ccccc5)c5ccccc5)cc(-c5[c-]cc(F)cc5F)n4)c3)ccc21.[Pt+2]. The first-order valence-electron chi connectivity index (χ1n) is 22.6. The van der Waals surface area contributed by atoms with Gasteiger partial charge < -0.3 is 24.3 Å². The topological polar surface area (TPSA) is 37.2 Å². The van der Waals surface area contributed by atoms with Gasteiger partial charge in [0.2, 0.25) is 0 Å². The first-order valence-corrected chi connectivity index (χ1v) is 22.6. The normalized spacial score (nSPS) is 11.9.